The van der Waals surface area contributed by atoms with Crippen molar-refractivity contribution in [1.29, 1.82) is 0 Å². The van der Waals surface area contributed by atoms with Crippen LogP contribution in [0.25, 0.3) is 22.4 Å². The fraction of sp³-hybridized carbons (Fsp3) is 0.200. The molecule has 0 saturated carbocycles. The minimum Gasteiger partial charge on any atom is -0.383 e. The molecule has 2 aromatic heterocycles. The second-order valence-electron chi connectivity index (χ2n) is 6.81. The Morgan fingerprint density at radius 1 is 1.12 bits per heavy atom. The third-order valence-corrected chi connectivity index (χ3v) is 5.91. The smallest absolute Gasteiger partial charge is 0.136 e. The zero-order valence-corrected chi connectivity index (χ0v) is 14.6. The van der Waals surface area contributed by atoms with Gasteiger partial charge < -0.3 is 5.73 Å². The van der Waals surface area contributed by atoms with E-state index >= 15 is 0 Å². The first-order valence-electron chi connectivity index (χ1n) is 8.02. The predicted octanol–water partition coefficient (Wildman–Crippen LogP) is 5.05. The maximum atomic E-state index is 6.13. The van der Waals surface area contributed by atoms with Gasteiger partial charge in [0, 0.05) is 15.9 Å². The number of thiophene rings is 1. The van der Waals surface area contributed by atoms with E-state index in [1.54, 1.807) is 17.7 Å². The van der Waals surface area contributed by atoms with Crippen LogP contribution >= 0.6 is 11.3 Å². The van der Waals surface area contributed by atoms with E-state index in [2.05, 4.69) is 66.3 Å². The molecule has 0 saturated heterocycles. The Bertz CT molecular complexity index is 965. The predicted molar refractivity (Wildman–Crippen MR) is 103 cm³/mol. The highest BCUT2D eigenvalue weighted by molar-refractivity contribution is 7.19. The molecule has 0 atom stereocenters. The van der Waals surface area contributed by atoms with Crippen molar-refractivity contribution >= 4 is 39.5 Å². The highest BCUT2D eigenvalue weighted by atomic mass is 32.1. The SMILES string of the molecule is CC1(C)CC(/C=C/c2ccccc2)=Cc2c1sc1ncnc(N)c21. The van der Waals surface area contributed by atoms with Crippen LogP contribution in [-0.4, -0.2) is 9.97 Å². The Balaban J connectivity index is 1.83. The molecule has 3 aromatic rings. The summed E-state index contributed by atoms with van der Waals surface area (Å²) in [4.78, 5) is 10.9. The maximum absolute atomic E-state index is 6.13. The number of hydrogen-bond acceptors (Lipinski definition) is 4. The third-order valence-electron chi connectivity index (χ3n) is 4.43. The first kappa shape index (κ1) is 15.1. The summed E-state index contributed by atoms with van der Waals surface area (Å²) in [5.41, 5.74) is 9.90. The molecule has 0 spiro atoms. The molecule has 0 radical (unpaired) electrons. The van der Waals surface area contributed by atoms with E-state index in [1.165, 1.54) is 21.6 Å². The van der Waals surface area contributed by atoms with Gasteiger partial charge in [-0.3, -0.25) is 0 Å². The fourth-order valence-electron chi connectivity index (χ4n) is 3.32. The molecule has 2 N–H and O–H groups in total. The second-order valence-corrected chi connectivity index (χ2v) is 7.81. The fourth-order valence-corrected chi connectivity index (χ4v) is 4.55. The van der Waals surface area contributed by atoms with E-state index in [0.29, 0.717) is 5.82 Å². The second kappa shape index (κ2) is 5.56. The van der Waals surface area contributed by atoms with Crippen molar-refractivity contribution < 1.29 is 0 Å². The summed E-state index contributed by atoms with van der Waals surface area (Å²) in [6.45, 7) is 4.57. The van der Waals surface area contributed by atoms with Gasteiger partial charge in [-0.15, -0.1) is 11.3 Å². The summed E-state index contributed by atoms with van der Waals surface area (Å²) in [7, 11) is 0. The van der Waals surface area contributed by atoms with E-state index in [9.17, 15) is 0 Å². The summed E-state index contributed by atoms with van der Waals surface area (Å²) in [6.07, 6.45) is 9.18. The Labute approximate surface area is 145 Å². The van der Waals surface area contributed by atoms with Crippen LogP contribution in [-0.2, 0) is 5.41 Å². The van der Waals surface area contributed by atoms with Crippen LogP contribution < -0.4 is 5.73 Å². The standard InChI is InChI=1S/C20H19N3S/c1-20(2)11-14(9-8-13-6-4-3-5-7-13)10-15-16-18(21)22-12-23-19(16)24-17(15)20/h3-10,12H,11H2,1-2H3,(H2,21,22,23)/b9-8+. The first-order valence-corrected chi connectivity index (χ1v) is 8.83. The zero-order chi connectivity index (χ0) is 16.7. The molecule has 1 aliphatic rings. The van der Waals surface area contributed by atoms with Gasteiger partial charge in [0.2, 0.25) is 0 Å². The number of rotatable bonds is 2. The van der Waals surface area contributed by atoms with Gasteiger partial charge >= 0.3 is 0 Å². The molecular weight excluding hydrogens is 314 g/mol. The summed E-state index contributed by atoms with van der Waals surface area (Å²) < 4.78 is 0. The number of aromatic nitrogens is 2. The molecule has 0 unspecified atom stereocenters. The first-order chi connectivity index (χ1) is 11.5. The lowest BCUT2D eigenvalue weighted by molar-refractivity contribution is 0.531. The third kappa shape index (κ3) is 2.53. The molecule has 1 aromatic carbocycles. The lowest BCUT2D eigenvalue weighted by Crippen LogP contribution is -2.20. The molecule has 3 nitrogen and oxygen atoms in total. The average Bonchev–Trinajstić information content (AvgIpc) is 2.95. The summed E-state index contributed by atoms with van der Waals surface area (Å²) in [5.74, 6) is 0.567. The van der Waals surface area contributed by atoms with Gasteiger partial charge in [0.05, 0.1) is 5.39 Å². The van der Waals surface area contributed by atoms with Gasteiger partial charge in [0.25, 0.3) is 0 Å². The number of nitrogens with zero attached hydrogens (tertiary/aromatic N) is 2. The largest absolute Gasteiger partial charge is 0.383 e. The van der Waals surface area contributed by atoms with Gasteiger partial charge in [-0.25, -0.2) is 9.97 Å². The monoisotopic (exact) mass is 333 g/mol. The lowest BCUT2D eigenvalue weighted by Gasteiger charge is -2.29. The van der Waals surface area contributed by atoms with E-state index in [4.69, 9.17) is 5.73 Å². The van der Waals surface area contributed by atoms with Crippen molar-refractivity contribution in [2.75, 3.05) is 5.73 Å². The van der Waals surface area contributed by atoms with Crippen LogP contribution in [0.15, 0.2) is 48.3 Å². The summed E-state index contributed by atoms with van der Waals surface area (Å²) in [5, 5.41) is 0.996. The Morgan fingerprint density at radius 3 is 2.71 bits per heavy atom. The molecule has 4 rings (SSSR count). The van der Waals surface area contributed by atoms with Gasteiger partial charge in [-0.05, 0) is 23.6 Å². The van der Waals surface area contributed by atoms with Crippen LogP contribution in [0.5, 0.6) is 0 Å². The van der Waals surface area contributed by atoms with Crippen molar-refractivity contribution in [2.45, 2.75) is 25.7 Å². The van der Waals surface area contributed by atoms with Crippen molar-refractivity contribution in [1.82, 2.24) is 9.97 Å². The Morgan fingerprint density at radius 2 is 1.92 bits per heavy atom. The minimum atomic E-state index is 0.0677. The molecule has 24 heavy (non-hydrogen) atoms. The minimum absolute atomic E-state index is 0.0677. The molecule has 0 bridgehead atoms. The average molecular weight is 333 g/mol. The molecule has 0 amide bonds. The zero-order valence-electron chi connectivity index (χ0n) is 13.8. The maximum Gasteiger partial charge on any atom is 0.136 e. The quantitative estimate of drug-likeness (QED) is 0.714. The number of nitrogens with two attached hydrogens (primary N) is 1. The van der Waals surface area contributed by atoms with E-state index in [0.717, 1.165) is 16.6 Å². The number of nitrogen functional groups attached to an aromatic ring is 1. The van der Waals surface area contributed by atoms with Crippen molar-refractivity contribution in [3.05, 3.63) is 64.3 Å². The number of allylic oxidation sites excluding steroid dienone is 2. The summed E-state index contributed by atoms with van der Waals surface area (Å²) in [6, 6.07) is 10.4. The summed E-state index contributed by atoms with van der Waals surface area (Å²) >= 11 is 1.74. The van der Waals surface area contributed by atoms with Crippen LogP contribution in [0.1, 0.15) is 36.3 Å². The molecular formula is C20H19N3S. The topological polar surface area (TPSA) is 51.8 Å². The van der Waals surface area contributed by atoms with Crippen molar-refractivity contribution in [3.63, 3.8) is 0 Å². The van der Waals surface area contributed by atoms with Gasteiger partial charge in [0.15, 0.2) is 0 Å². The van der Waals surface area contributed by atoms with Gasteiger partial charge in [-0.2, -0.15) is 0 Å². The molecule has 0 aliphatic heterocycles. The Kier molecular flexibility index (Phi) is 3.50. The van der Waals surface area contributed by atoms with Crippen LogP contribution in [0.2, 0.25) is 0 Å². The molecule has 1 aliphatic carbocycles. The Hall–Kier alpha value is -2.46. The normalized spacial score (nSPS) is 16.3. The van der Waals surface area contributed by atoms with E-state index in [1.807, 2.05) is 6.07 Å². The lowest BCUT2D eigenvalue weighted by atomic mass is 9.77. The molecule has 0 fully saturated rings. The molecule has 4 heteroatoms. The highest BCUT2D eigenvalue weighted by Gasteiger charge is 2.32. The van der Waals surface area contributed by atoms with Crippen LogP contribution in [0, 0.1) is 0 Å². The number of hydrogen-bond donors (Lipinski definition) is 1. The van der Waals surface area contributed by atoms with Crippen molar-refractivity contribution in [3.8, 4) is 0 Å². The molecule has 120 valence electrons. The van der Waals surface area contributed by atoms with Crippen LogP contribution in [0.3, 0.4) is 0 Å². The highest BCUT2D eigenvalue weighted by Crippen LogP contribution is 2.47. The van der Waals surface area contributed by atoms with Crippen LogP contribution in [0.4, 0.5) is 5.82 Å². The number of benzene rings is 1. The number of anilines is 1. The van der Waals surface area contributed by atoms with E-state index in [-0.39, 0.29) is 5.41 Å². The van der Waals surface area contributed by atoms with Crippen molar-refractivity contribution in [2.24, 2.45) is 0 Å². The molecule has 2 heterocycles. The van der Waals surface area contributed by atoms with Gasteiger partial charge in [0.1, 0.15) is 17.0 Å². The van der Waals surface area contributed by atoms with E-state index < -0.39 is 0 Å². The number of fused-ring (bicyclic) bond motifs is 3. The van der Waals surface area contributed by atoms with Gasteiger partial charge in [-0.1, -0.05) is 56.3 Å².